The van der Waals surface area contributed by atoms with Gasteiger partial charge in [-0.05, 0) is 38.7 Å². The van der Waals surface area contributed by atoms with Crippen LogP contribution in [0, 0.1) is 0 Å². The van der Waals surface area contributed by atoms with Gasteiger partial charge >= 0.3 is 0 Å². The zero-order valence-electron chi connectivity index (χ0n) is 10.7. The predicted octanol–water partition coefficient (Wildman–Crippen LogP) is 1.73. The Labute approximate surface area is 98.4 Å². The van der Waals surface area contributed by atoms with Gasteiger partial charge in [-0.1, -0.05) is 12.1 Å². The van der Waals surface area contributed by atoms with Crippen LogP contribution in [0.2, 0.25) is 0 Å². The molecule has 1 rings (SSSR count). The third-order valence-corrected chi connectivity index (χ3v) is 2.66. The molecule has 0 amide bonds. The molecule has 0 aliphatic carbocycles. The quantitative estimate of drug-likeness (QED) is 0.793. The van der Waals surface area contributed by atoms with E-state index in [1.54, 1.807) is 7.11 Å². The third kappa shape index (κ3) is 4.21. The Hall–Kier alpha value is -1.06. The minimum absolute atomic E-state index is 0.510. The van der Waals surface area contributed by atoms with Crippen molar-refractivity contribution in [2.24, 2.45) is 0 Å². The van der Waals surface area contributed by atoms with Crippen molar-refractivity contribution < 1.29 is 4.74 Å². The number of benzene rings is 1. The summed E-state index contributed by atoms with van der Waals surface area (Å²) in [7, 11) is 5.82. The monoisotopic (exact) mass is 222 g/mol. The van der Waals surface area contributed by atoms with E-state index >= 15 is 0 Å². The first-order valence-electron chi connectivity index (χ1n) is 5.64. The van der Waals surface area contributed by atoms with Gasteiger partial charge in [0.05, 0.1) is 7.11 Å². The molecule has 0 aliphatic heterocycles. The minimum Gasteiger partial charge on any atom is -0.497 e. The summed E-state index contributed by atoms with van der Waals surface area (Å²) >= 11 is 0. The second-order valence-electron chi connectivity index (χ2n) is 4.24. The fourth-order valence-corrected chi connectivity index (χ4v) is 1.71. The Morgan fingerprint density at radius 1 is 1.44 bits per heavy atom. The highest BCUT2D eigenvalue weighted by Crippen LogP contribution is 2.13. The van der Waals surface area contributed by atoms with Gasteiger partial charge in [-0.15, -0.1) is 0 Å². The van der Waals surface area contributed by atoms with Crippen LogP contribution in [0.4, 0.5) is 0 Å². The molecule has 0 aliphatic rings. The number of hydrogen-bond donors (Lipinski definition) is 1. The van der Waals surface area contributed by atoms with E-state index in [1.165, 1.54) is 5.56 Å². The summed E-state index contributed by atoms with van der Waals surface area (Å²) in [5.41, 5.74) is 1.28. The van der Waals surface area contributed by atoms with Crippen molar-refractivity contribution in [3.8, 4) is 5.75 Å². The van der Waals surface area contributed by atoms with Crippen LogP contribution >= 0.6 is 0 Å². The molecule has 0 fully saturated rings. The van der Waals surface area contributed by atoms with Gasteiger partial charge in [0.15, 0.2) is 0 Å². The number of hydrogen-bond acceptors (Lipinski definition) is 3. The minimum atomic E-state index is 0.510. The van der Waals surface area contributed by atoms with E-state index in [1.807, 2.05) is 19.2 Å². The molecular weight excluding hydrogens is 200 g/mol. The maximum Gasteiger partial charge on any atom is 0.119 e. The van der Waals surface area contributed by atoms with Crippen LogP contribution in [0.15, 0.2) is 24.3 Å². The van der Waals surface area contributed by atoms with Crippen molar-refractivity contribution in [2.45, 2.75) is 19.5 Å². The second-order valence-corrected chi connectivity index (χ2v) is 4.24. The maximum atomic E-state index is 5.21. The Balaban J connectivity index is 2.51. The molecule has 3 heteroatoms. The van der Waals surface area contributed by atoms with Crippen LogP contribution in [0.25, 0.3) is 0 Å². The van der Waals surface area contributed by atoms with E-state index in [-0.39, 0.29) is 0 Å². The van der Waals surface area contributed by atoms with Gasteiger partial charge in [0.2, 0.25) is 0 Å². The van der Waals surface area contributed by atoms with Gasteiger partial charge in [-0.25, -0.2) is 0 Å². The molecule has 0 heterocycles. The first-order valence-corrected chi connectivity index (χ1v) is 5.64. The molecule has 1 atom stereocenters. The molecular formula is C13H22N2O. The summed E-state index contributed by atoms with van der Waals surface area (Å²) in [5.74, 6) is 0.924. The smallest absolute Gasteiger partial charge is 0.119 e. The zero-order chi connectivity index (χ0) is 12.0. The van der Waals surface area contributed by atoms with Crippen molar-refractivity contribution in [3.05, 3.63) is 29.8 Å². The summed E-state index contributed by atoms with van der Waals surface area (Å²) in [6, 6.07) is 8.72. The van der Waals surface area contributed by atoms with Gasteiger partial charge in [-0.3, -0.25) is 0 Å². The Bertz CT molecular complexity index is 315. The average Bonchev–Trinajstić information content (AvgIpc) is 2.28. The van der Waals surface area contributed by atoms with Gasteiger partial charge in [0, 0.05) is 19.1 Å². The number of nitrogens with one attached hydrogen (secondary N) is 1. The lowest BCUT2D eigenvalue weighted by Crippen LogP contribution is -2.34. The van der Waals surface area contributed by atoms with E-state index in [4.69, 9.17) is 4.74 Å². The fourth-order valence-electron chi connectivity index (χ4n) is 1.71. The number of likely N-dealkylation sites (N-methyl/N-ethyl adjacent to an activating group) is 2. The van der Waals surface area contributed by atoms with Crippen molar-refractivity contribution in [3.63, 3.8) is 0 Å². The van der Waals surface area contributed by atoms with E-state index < -0.39 is 0 Å². The number of ether oxygens (including phenoxy) is 1. The van der Waals surface area contributed by atoms with Crippen LogP contribution in [-0.4, -0.2) is 38.7 Å². The van der Waals surface area contributed by atoms with Crippen LogP contribution in [0.3, 0.4) is 0 Å². The number of methoxy groups -OCH3 is 1. The Morgan fingerprint density at radius 2 is 2.19 bits per heavy atom. The molecule has 1 N–H and O–H groups in total. The van der Waals surface area contributed by atoms with E-state index in [9.17, 15) is 0 Å². The van der Waals surface area contributed by atoms with Gasteiger partial charge < -0.3 is 15.0 Å². The summed E-state index contributed by atoms with van der Waals surface area (Å²) in [6.45, 7) is 4.17. The normalized spacial score (nSPS) is 12.8. The largest absolute Gasteiger partial charge is 0.497 e. The third-order valence-electron chi connectivity index (χ3n) is 2.66. The van der Waals surface area contributed by atoms with E-state index in [2.05, 4.69) is 36.3 Å². The summed E-state index contributed by atoms with van der Waals surface area (Å²) < 4.78 is 5.21. The van der Waals surface area contributed by atoms with Crippen molar-refractivity contribution in [1.29, 1.82) is 0 Å². The predicted molar refractivity (Wildman–Crippen MR) is 67.8 cm³/mol. The highest BCUT2D eigenvalue weighted by Gasteiger charge is 2.05. The van der Waals surface area contributed by atoms with Crippen LogP contribution in [-0.2, 0) is 6.54 Å². The highest BCUT2D eigenvalue weighted by molar-refractivity contribution is 5.28. The molecule has 0 saturated carbocycles. The molecule has 1 aromatic rings. The van der Waals surface area contributed by atoms with Crippen molar-refractivity contribution >= 4 is 0 Å². The first kappa shape index (κ1) is 13.0. The van der Waals surface area contributed by atoms with Gasteiger partial charge in [0.25, 0.3) is 0 Å². The lowest BCUT2D eigenvalue weighted by atomic mass is 10.2. The molecule has 1 unspecified atom stereocenters. The number of nitrogens with zero attached hydrogens (tertiary/aromatic N) is 1. The number of rotatable bonds is 6. The molecule has 0 bridgehead atoms. The Morgan fingerprint density at radius 3 is 2.81 bits per heavy atom. The molecule has 1 aromatic carbocycles. The van der Waals surface area contributed by atoms with E-state index in [0.717, 1.165) is 18.8 Å². The second kappa shape index (κ2) is 6.51. The fraction of sp³-hybridized carbons (Fsp3) is 0.538. The SMILES string of the molecule is CNC(C)CN(C)Cc1cccc(OC)c1. The molecule has 90 valence electrons. The van der Waals surface area contributed by atoms with Crippen molar-refractivity contribution in [1.82, 2.24) is 10.2 Å². The summed E-state index contributed by atoms with van der Waals surface area (Å²) in [6.07, 6.45) is 0. The lowest BCUT2D eigenvalue weighted by molar-refractivity contribution is 0.295. The molecule has 16 heavy (non-hydrogen) atoms. The van der Waals surface area contributed by atoms with Crippen molar-refractivity contribution in [2.75, 3.05) is 27.7 Å². The highest BCUT2D eigenvalue weighted by atomic mass is 16.5. The first-order chi connectivity index (χ1) is 7.65. The van der Waals surface area contributed by atoms with Crippen LogP contribution < -0.4 is 10.1 Å². The molecule has 3 nitrogen and oxygen atoms in total. The van der Waals surface area contributed by atoms with E-state index in [0.29, 0.717) is 6.04 Å². The van der Waals surface area contributed by atoms with Gasteiger partial charge in [-0.2, -0.15) is 0 Å². The molecule has 0 saturated heterocycles. The topological polar surface area (TPSA) is 24.5 Å². The van der Waals surface area contributed by atoms with Gasteiger partial charge in [0.1, 0.15) is 5.75 Å². The molecule has 0 spiro atoms. The Kier molecular flexibility index (Phi) is 5.29. The summed E-state index contributed by atoms with van der Waals surface area (Å²) in [5, 5.41) is 3.24. The van der Waals surface area contributed by atoms with Crippen LogP contribution in [0.1, 0.15) is 12.5 Å². The van der Waals surface area contributed by atoms with Crippen LogP contribution in [0.5, 0.6) is 5.75 Å². The molecule has 0 radical (unpaired) electrons. The summed E-state index contributed by atoms with van der Waals surface area (Å²) in [4.78, 5) is 2.30. The standard InChI is InChI=1S/C13H22N2O/c1-11(14-2)9-15(3)10-12-6-5-7-13(8-12)16-4/h5-8,11,14H,9-10H2,1-4H3. The molecule has 0 aromatic heterocycles. The average molecular weight is 222 g/mol. The zero-order valence-corrected chi connectivity index (χ0v) is 10.7. The lowest BCUT2D eigenvalue weighted by Gasteiger charge is -2.21. The maximum absolute atomic E-state index is 5.21.